The smallest absolute Gasteiger partial charge is 0.227 e. The highest BCUT2D eigenvalue weighted by Crippen LogP contribution is 2.67. The number of rotatable bonds is 2. The third-order valence-electron chi connectivity index (χ3n) is 8.56. The van der Waals surface area contributed by atoms with Gasteiger partial charge in [-0.15, -0.1) is 0 Å². The predicted molar refractivity (Wildman–Crippen MR) is 94.1 cm³/mol. The van der Waals surface area contributed by atoms with Gasteiger partial charge in [-0.2, -0.15) is 0 Å². The summed E-state index contributed by atoms with van der Waals surface area (Å²) in [5.41, 5.74) is -1.46. The van der Waals surface area contributed by atoms with Crippen molar-refractivity contribution in [1.29, 1.82) is 0 Å². The number of hydrogen-bond donors (Lipinski definition) is 2. The molecule has 26 heavy (non-hydrogen) atoms. The van der Waals surface area contributed by atoms with Gasteiger partial charge in [0.2, 0.25) is 5.78 Å². The highest BCUT2D eigenvalue weighted by Gasteiger charge is 2.68. The Bertz CT molecular complexity index is 711. The van der Waals surface area contributed by atoms with Crippen LogP contribution in [0.5, 0.6) is 0 Å². The number of Topliss-reactive ketones (excluding diaryl/α,β-unsaturated/α-hetero) is 1. The standard InChI is InChI=1S/C21H28O5/c1-19-7-5-13(23)9-12(19)3-4-14-15-6-8-21(26,17(25)11-22)20(15,2)10-16(24)18(14)19/h9,11,14-16,18,24,26H,3-8,10H2,1-2H3/t14-,15-,16-,18+,19-,20-,21+/m0/s1. The maximum absolute atomic E-state index is 12.2. The van der Waals surface area contributed by atoms with E-state index >= 15 is 0 Å². The molecule has 0 unspecified atom stereocenters. The van der Waals surface area contributed by atoms with Crippen molar-refractivity contribution in [2.45, 2.75) is 70.5 Å². The van der Waals surface area contributed by atoms with Crippen LogP contribution in [0, 0.1) is 28.6 Å². The van der Waals surface area contributed by atoms with Crippen LogP contribution < -0.4 is 0 Å². The lowest BCUT2D eigenvalue weighted by Gasteiger charge is -2.60. The molecule has 5 nitrogen and oxygen atoms in total. The summed E-state index contributed by atoms with van der Waals surface area (Å²) >= 11 is 0. The molecule has 142 valence electrons. The van der Waals surface area contributed by atoms with Crippen LogP contribution in [0.15, 0.2) is 11.6 Å². The Kier molecular flexibility index (Phi) is 3.88. The van der Waals surface area contributed by atoms with E-state index in [4.69, 9.17) is 0 Å². The van der Waals surface area contributed by atoms with E-state index in [-0.39, 0.29) is 35.2 Å². The first kappa shape index (κ1) is 18.1. The first-order valence-corrected chi connectivity index (χ1v) is 9.81. The predicted octanol–water partition coefficient (Wildman–Crippen LogP) is 1.99. The van der Waals surface area contributed by atoms with Gasteiger partial charge in [-0.25, -0.2) is 0 Å². The van der Waals surface area contributed by atoms with E-state index in [1.54, 1.807) is 6.08 Å². The molecule has 0 saturated heterocycles. The van der Waals surface area contributed by atoms with Gasteiger partial charge < -0.3 is 10.2 Å². The molecule has 7 atom stereocenters. The highest BCUT2D eigenvalue weighted by molar-refractivity contribution is 6.29. The second-order valence-electron chi connectivity index (χ2n) is 9.46. The Labute approximate surface area is 153 Å². The van der Waals surface area contributed by atoms with Crippen LogP contribution in [0.4, 0.5) is 0 Å². The van der Waals surface area contributed by atoms with Crippen molar-refractivity contribution >= 4 is 17.9 Å². The van der Waals surface area contributed by atoms with Crippen molar-refractivity contribution in [2.24, 2.45) is 28.6 Å². The topological polar surface area (TPSA) is 91.7 Å². The van der Waals surface area contributed by atoms with E-state index in [1.165, 1.54) is 0 Å². The second-order valence-corrected chi connectivity index (χ2v) is 9.46. The van der Waals surface area contributed by atoms with Crippen LogP contribution >= 0.6 is 0 Å². The zero-order valence-electron chi connectivity index (χ0n) is 15.5. The molecule has 0 spiro atoms. The molecule has 0 aromatic rings. The van der Waals surface area contributed by atoms with Gasteiger partial charge in [-0.3, -0.25) is 14.4 Å². The van der Waals surface area contributed by atoms with E-state index in [9.17, 15) is 24.6 Å². The molecule has 0 aromatic carbocycles. The average molecular weight is 360 g/mol. The van der Waals surface area contributed by atoms with Gasteiger partial charge in [0.05, 0.1) is 6.10 Å². The quantitative estimate of drug-likeness (QED) is 0.580. The van der Waals surface area contributed by atoms with Crippen LogP contribution in [0.1, 0.15) is 58.8 Å². The SMILES string of the molecule is C[C@]12CCC(=O)C=C1CC[C@@H]1[C@@H]2[C@@H](O)C[C@@]2(C)[C@H]1CC[C@@]2(O)C(=O)C=O. The maximum Gasteiger partial charge on any atom is 0.227 e. The van der Waals surface area contributed by atoms with Crippen molar-refractivity contribution < 1.29 is 24.6 Å². The van der Waals surface area contributed by atoms with Gasteiger partial charge in [-0.1, -0.05) is 19.4 Å². The molecular weight excluding hydrogens is 332 g/mol. The van der Waals surface area contributed by atoms with E-state index in [2.05, 4.69) is 6.92 Å². The number of ketones is 2. The Balaban J connectivity index is 1.75. The monoisotopic (exact) mass is 360 g/mol. The fraction of sp³-hybridized carbons (Fsp3) is 0.762. The molecule has 0 aliphatic heterocycles. The molecule has 2 N–H and O–H groups in total. The summed E-state index contributed by atoms with van der Waals surface area (Å²) < 4.78 is 0. The van der Waals surface area contributed by atoms with Crippen LogP contribution in [0.25, 0.3) is 0 Å². The lowest BCUT2D eigenvalue weighted by molar-refractivity contribution is -0.180. The Morgan fingerprint density at radius 3 is 2.65 bits per heavy atom. The molecule has 5 heteroatoms. The molecule has 0 radical (unpaired) electrons. The molecule has 4 rings (SSSR count). The number of aldehydes is 1. The highest BCUT2D eigenvalue weighted by atomic mass is 16.3. The van der Waals surface area contributed by atoms with Crippen LogP contribution in [-0.4, -0.2) is 39.8 Å². The van der Waals surface area contributed by atoms with Crippen molar-refractivity contribution in [3.63, 3.8) is 0 Å². The molecular formula is C21H28O5. The van der Waals surface area contributed by atoms with Gasteiger partial charge in [0.25, 0.3) is 0 Å². The minimum Gasteiger partial charge on any atom is -0.393 e. The minimum atomic E-state index is -1.66. The molecule has 0 heterocycles. The number of hydrogen-bond acceptors (Lipinski definition) is 5. The first-order valence-electron chi connectivity index (χ1n) is 9.81. The third-order valence-corrected chi connectivity index (χ3v) is 8.56. The van der Waals surface area contributed by atoms with Crippen molar-refractivity contribution in [3.8, 4) is 0 Å². The van der Waals surface area contributed by atoms with E-state index in [0.29, 0.717) is 25.7 Å². The summed E-state index contributed by atoms with van der Waals surface area (Å²) in [5.74, 6) is -0.215. The Morgan fingerprint density at radius 2 is 1.96 bits per heavy atom. The van der Waals surface area contributed by atoms with Gasteiger partial charge >= 0.3 is 0 Å². The Morgan fingerprint density at radius 1 is 1.23 bits per heavy atom. The number of aliphatic hydroxyl groups is 2. The normalized spacial score (nSPS) is 50.3. The van der Waals surface area contributed by atoms with Gasteiger partial charge in [0, 0.05) is 11.8 Å². The average Bonchev–Trinajstić information content (AvgIpc) is 2.86. The summed E-state index contributed by atoms with van der Waals surface area (Å²) in [4.78, 5) is 35.3. The number of aliphatic hydroxyl groups excluding tert-OH is 1. The van der Waals surface area contributed by atoms with Gasteiger partial charge in [0.1, 0.15) is 5.60 Å². The molecule has 3 fully saturated rings. The first-order chi connectivity index (χ1) is 12.2. The molecule has 4 aliphatic carbocycles. The van der Waals surface area contributed by atoms with Crippen LogP contribution in [-0.2, 0) is 14.4 Å². The second kappa shape index (κ2) is 5.59. The van der Waals surface area contributed by atoms with Crippen molar-refractivity contribution in [1.82, 2.24) is 0 Å². The summed E-state index contributed by atoms with van der Waals surface area (Å²) in [6.45, 7) is 4.05. The van der Waals surface area contributed by atoms with Crippen LogP contribution in [0.2, 0.25) is 0 Å². The molecule has 0 bridgehead atoms. The Hall–Kier alpha value is -1.33. The van der Waals surface area contributed by atoms with Crippen molar-refractivity contribution in [3.05, 3.63) is 11.6 Å². The zero-order chi connectivity index (χ0) is 18.9. The zero-order valence-corrected chi connectivity index (χ0v) is 15.5. The van der Waals surface area contributed by atoms with E-state index in [1.807, 2.05) is 6.92 Å². The fourth-order valence-corrected chi connectivity index (χ4v) is 7.19. The lowest BCUT2D eigenvalue weighted by atomic mass is 9.45. The minimum absolute atomic E-state index is 0.0439. The van der Waals surface area contributed by atoms with E-state index < -0.39 is 22.9 Å². The maximum atomic E-state index is 12.2. The molecule has 4 aliphatic rings. The summed E-state index contributed by atoms with van der Waals surface area (Å²) in [7, 11) is 0. The van der Waals surface area contributed by atoms with E-state index in [0.717, 1.165) is 24.8 Å². The number of fused-ring (bicyclic) bond motifs is 5. The fourth-order valence-electron chi connectivity index (χ4n) is 7.19. The summed E-state index contributed by atoms with van der Waals surface area (Å²) in [6.07, 6.45) is 5.68. The van der Waals surface area contributed by atoms with Crippen LogP contribution in [0.3, 0.4) is 0 Å². The number of carbonyl (C=O) groups excluding carboxylic acids is 3. The number of carbonyl (C=O) groups is 3. The largest absolute Gasteiger partial charge is 0.393 e. The number of allylic oxidation sites excluding steroid dienone is 1. The molecule has 3 saturated carbocycles. The molecule has 0 aromatic heterocycles. The molecule has 0 amide bonds. The van der Waals surface area contributed by atoms with Gasteiger partial charge in [-0.05, 0) is 67.8 Å². The summed E-state index contributed by atoms with van der Waals surface area (Å²) in [5, 5.41) is 22.3. The van der Waals surface area contributed by atoms with Gasteiger partial charge in [0.15, 0.2) is 12.1 Å². The van der Waals surface area contributed by atoms with Crippen molar-refractivity contribution in [2.75, 3.05) is 0 Å². The third kappa shape index (κ3) is 2.07. The lowest BCUT2D eigenvalue weighted by Crippen LogP contribution is -2.61. The summed E-state index contributed by atoms with van der Waals surface area (Å²) in [6, 6.07) is 0.